The van der Waals surface area contributed by atoms with E-state index in [4.69, 9.17) is 5.73 Å². The first-order valence-corrected chi connectivity index (χ1v) is 6.69. The van der Waals surface area contributed by atoms with Gasteiger partial charge >= 0.3 is 0 Å². The normalized spacial score (nSPS) is 21.6. The van der Waals surface area contributed by atoms with Crippen LogP contribution in [0.2, 0.25) is 0 Å². The van der Waals surface area contributed by atoms with Crippen LogP contribution in [0, 0.1) is 5.92 Å². The van der Waals surface area contributed by atoms with Crippen molar-refractivity contribution in [2.24, 2.45) is 11.7 Å². The largest absolute Gasteiger partial charge is 0.393 e. The minimum absolute atomic E-state index is 0. The Morgan fingerprint density at radius 1 is 1.33 bits per heavy atom. The Labute approximate surface area is 116 Å². The molecule has 4 nitrogen and oxygen atoms in total. The SMILES string of the molecule is CC(O)CC(C)CNC(=O)C1(N)CCCCC1.Cl. The number of nitrogens with two attached hydrogens (primary N) is 1. The van der Waals surface area contributed by atoms with Gasteiger partial charge in [-0.25, -0.2) is 0 Å². The zero-order valence-corrected chi connectivity index (χ0v) is 12.3. The Morgan fingerprint density at radius 2 is 1.89 bits per heavy atom. The van der Waals surface area contributed by atoms with Gasteiger partial charge in [-0.05, 0) is 32.1 Å². The van der Waals surface area contributed by atoms with Crippen LogP contribution in [0.15, 0.2) is 0 Å². The van der Waals surface area contributed by atoms with Gasteiger partial charge in [-0.2, -0.15) is 0 Å². The van der Waals surface area contributed by atoms with Crippen molar-refractivity contribution in [3.8, 4) is 0 Å². The summed E-state index contributed by atoms with van der Waals surface area (Å²) < 4.78 is 0. The average molecular weight is 279 g/mol. The molecule has 0 heterocycles. The van der Waals surface area contributed by atoms with Crippen molar-refractivity contribution in [1.29, 1.82) is 0 Å². The molecular formula is C13H27ClN2O2. The molecule has 108 valence electrons. The van der Waals surface area contributed by atoms with E-state index in [1.807, 2.05) is 6.92 Å². The Hall–Kier alpha value is -0.320. The monoisotopic (exact) mass is 278 g/mol. The lowest BCUT2D eigenvalue weighted by Crippen LogP contribution is -2.55. The first-order valence-electron chi connectivity index (χ1n) is 6.69. The van der Waals surface area contributed by atoms with Gasteiger partial charge < -0.3 is 16.2 Å². The van der Waals surface area contributed by atoms with Gasteiger partial charge in [0.05, 0.1) is 11.6 Å². The van der Waals surface area contributed by atoms with E-state index in [2.05, 4.69) is 5.32 Å². The number of carbonyl (C=O) groups excluding carboxylic acids is 1. The molecule has 0 aliphatic heterocycles. The molecule has 0 saturated heterocycles. The smallest absolute Gasteiger partial charge is 0.240 e. The maximum atomic E-state index is 12.0. The molecule has 1 aliphatic rings. The van der Waals surface area contributed by atoms with Gasteiger partial charge in [0, 0.05) is 6.54 Å². The second-order valence-corrected chi connectivity index (χ2v) is 5.62. The summed E-state index contributed by atoms with van der Waals surface area (Å²) in [4.78, 5) is 12.0. The molecule has 1 saturated carbocycles. The van der Waals surface area contributed by atoms with Crippen molar-refractivity contribution in [3.05, 3.63) is 0 Å². The van der Waals surface area contributed by atoms with Crippen LogP contribution >= 0.6 is 12.4 Å². The number of aliphatic hydroxyl groups excluding tert-OH is 1. The average Bonchev–Trinajstić information content (AvgIpc) is 2.26. The predicted octanol–water partition coefficient (Wildman–Crippen LogP) is 1.59. The molecule has 1 amide bonds. The number of carbonyl (C=O) groups is 1. The molecule has 1 rings (SSSR count). The third kappa shape index (κ3) is 5.55. The maximum absolute atomic E-state index is 12.0. The molecule has 0 bridgehead atoms. The molecule has 0 spiro atoms. The predicted molar refractivity (Wildman–Crippen MR) is 75.7 cm³/mol. The van der Waals surface area contributed by atoms with Crippen molar-refractivity contribution in [2.75, 3.05) is 6.54 Å². The molecule has 0 aromatic rings. The number of hydrogen-bond donors (Lipinski definition) is 3. The van der Waals surface area contributed by atoms with Crippen LogP contribution < -0.4 is 11.1 Å². The molecule has 0 aromatic heterocycles. The van der Waals surface area contributed by atoms with Crippen LogP contribution in [0.25, 0.3) is 0 Å². The van der Waals surface area contributed by atoms with Crippen molar-refractivity contribution in [1.82, 2.24) is 5.32 Å². The summed E-state index contributed by atoms with van der Waals surface area (Å²) >= 11 is 0. The summed E-state index contributed by atoms with van der Waals surface area (Å²) in [5.41, 5.74) is 5.48. The number of amides is 1. The summed E-state index contributed by atoms with van der Waals surface area (Å²) in [5, 5.41) is 12.2. The van der Waals surface area contributed by atoms with Crippen LogP contribution in [-0.4, -0.2) is 29.2 Å². The van der Waals surface area contributed by atoms with Gasteiger partial charge in [0.2, 0.25) is 5.91 Å². The zero-order valence-electron chi connectivity index (χ0n) is 11.4. The highest BCUT2D eigenvalue weighted by Crippen LogP contribution is 2.25. The molecule has 1 fully saturated rings. The molecule has 2 unspecified atom stereocenters. The summed E-state index contributed by atoms with van der Waals surface area (Å²) in [6, 6.07) is 0. The van der Waals surface area contributed by atoms with E-state index in [0.717, 1.165) is 25.7 Å². The Morgan fingerprint density at radius 3 is 2.39 bits per heavy atom. The van der Waals surface area contributed by atoms with Gasteiger partial charge in [-0.3, -0.25) is 4.79 Å². The second kappa shape index (κ2) is 7.97. The van der Waals surface area contributed by atoms with Gasteiger partial charge in [-0.15, -0.1) is 12.4 Å². The van der Waals surface area contributed by atoms with Crippen LogP contribution in [0.1, 0.15) is 52.4 Å². The first-order chi connectivity index (χ1) is 7.94. The van der Waals surface area contributed by atoms with Crippen molar-refractivity contribution < 1.29 is 9.90 Å². The highest BCUT2D eigenvalue weighted by molar-refractivity contribution is 5.86. The fraction of sp³-hybridized carbons (Fsp3) is 0.923. The quantitative estimate of drug-likeness (QED) is 0.715. The molecule has 5 heteroatoms. The lowest BCUT2D eigenvalue weighted by molar-refractivity contribution is -0.127. The number of nitrogens with one attached hydrogen (secondary N) is 1. The fourth-order valence-electron chi connectivity index (χ4n) is 2.52. The summed E-state index contributed by atoms with van der Waals surface area (Å²) in [5.74, 6) is 0.265. The van der Waals surface area contributed by atoms with E-state index in [0.29, 0.717) is 13.0 Å². The molecule has 4 N–H and O–H groups in total. The molecule has 1 aliphatic carbocycles. The van der Waals surface area contributed by atoms with Crippen LogP contribution in [0.4, 0.5) is 0 Å². The van der Waals surface area contributed by atoms with Crippen LogP contribution in [0.3, 0.4) is 0 Å². The maximum Gasteiger partial charge on any atom is 0.240 e. The van der Waals surface area contributed by atoms with Crippen LogP contribution in [-0.2, 0) is 4.79 Å². The number of halogens is 1. The Bertz CT molecular complexity index is 253. The van der Waals surface area contributed by atoms with E-state index < -0.39 is 5.54 Å². The van der Waals surface area contributed by atoms with Crippen molar-refractivity contribution >= 4 is 18.3 Å². The summed E-state index contributed by atoms with van der Waals surface area (Å²) in [6.45, 7) is 4.39. The summed E-state index contributed by atoms with van der Waals surface area (Å²) in [7, 11) is 0. The van der Waals surface area contributed by atoms with E-state index in [1.165, 1.54) is 6.42 Å². The molecule has 0 radical (unpaired) electrons. The lowest BCUT2D eigenvalue weighted by atomic mass is 9.82. The van der Waals surface area contributed by atoms with E-state index >= 15 is 0 Å². The van der Waals surface area contributed by atoms with E-state index in [1.54, 1.807) is 6.92 Å². The van der Waals surface area contributed by atoms with Crippen molar-refractivity contribution in [3.63, 3.8) is 0 Å². The minimum Gasteiger partial charge on any atom is -0.393 e. The standard InChI is InChI=1S/C13H26N2O2.ClH/c1-10(8-11(2)16)9-15-12(17)13(14)6-4-3-5-7-13;/h10-11,16H,3-9,14H2,1-2H3,(H,15,17);1H. The lowest BCUT2D eigenvalue weighted by Gasteiger charge is -2.32. The van der Waals surface area contributed by atoms with E-state index in [-0.39, 0.29) is 30.3 Å². The number of rotatable bonds is 5. The van der Waals surface area contributed by atoms with Gasteiger partial charge in [0.25, 0.3) is 0 Å². The first kappa shape index (κ1) is 17.7. The third-order valence-corrected chi connectivity index (χ3v) is 3.55. The fourth-order valence-corrected chi connectivity index (χ4v) is 2.52. The third-order valence-electron chi connectivity index (χ3n) is 3.55. The van der Waals surface area contributed by atoms with Gasteiger partial charge in [0.1, 0.15) is 0 Å². The topological polar surface area (TPSA) is 75.3 Å². The minimum atomic E-state index is -0.650. The van der Waals surface area contributed by atoms with Crippen molar-refractivity contribution in [2.45, 2.75) is 64.0 Å². The van der Waals surface area contributed by atoms with Gasteiger partial charge in [-0.1, -0.05) is 26.2 Å². The molecule has 2 atom stereocenters. The van der Waals surface area contributed by atoms with Crippen LogP contribution in [0.5, 0.6) is 0 Å². The molecule has 0 aromatic carbocycles. The highest BCUT2D eigenvalue weighted by Gasteiger charge is 2.35. The van der Waals surface area contributed by atoms with E-state index in [9.17, 15) is 9.90 Å². The number of hydrogen-bond acceptors (Lipinski definition) is 3. The zero-order chi connectivity index (χ0) is 12.9. The highest BCUT2D eigenvalue weighted by atomic mass is 35.5. The Balaban J connectivity index is 0.00000289. The summed E-state index contributed by atoms with van der Waals surface area (Å²) in [6.07, 6.45) is 5.26. The molecular weight excluding hydrogens is 252 g/mol. The van der Waals surface area contributed by atoms with Gasteiger partial charge in [0.15, 0.2) is 0 Å². The molecule has 18 heavy (non-hydrogen) atoms. The number of aliphatic hydroxyl groups is 1. The second-order valence-electron chi connectivity index (χ2n) is 5.62. The Kier molecular flexibility index (Phi) is 7.83.